The number of aryl methyl sites for hydroxylation is 1. The molecule has 1 heterocycles. The Morgan fingerprint density at radius 2 is 1.40 bits per heavy atom. The summed E-state index contributed by atoms with van der Waals surface area (Å²) in [5.74, 6) is 3.79. The van der Waals surface area contributed by atoms with Crippen molar-refractivity contribution in [2.24, 2.45) is 0 Å². The normalized spacial score (nSPS) is 13.2. The predicted molar refractivity (Wildman–Crippen MR) is 108 cm³/mol. The fraction of sp³-hybridized carbons (Fsp3) is 0.565. The summed E-state index contributed by atoms with van der Waals surface area (Å²) in [5, 5.41) is 1.08. The maximum atomic E-state index is 5.87. The molecule has 0 aliphatic heterocycles. The second-order valence-electron chi connectivity index (χ2n) is 10.1. The van der Waals surface area contributed by atoms with Crippen molar-refractivity contribution in [1.29, 1.82) is 0 Å². The SMILES string of the molecule is C#Cc1cc2c(C(C)(C)C)nc(C(C)(C)C)nc2c(C)c1C(C)(C)C. The number of nitrogens with zero attached hydrogens (tertiary/aromatic N) is 2. The summed E-state index contributed by atoms with van der Waals surface area (Å²) < 4.78 is 0. The van der Waals surface area contributed by atoms with E-state index in [4.69, 9.17) is 16.4 Å². The van der Waals surface area contributed by atoms with Gasteiger partial charge in [0.2, 0.25) is 0 Å². The van der Waals surface area contributed by atoms with Crippen LogP contribution >= 0.6 is 0 Å². The molecule has 0 aliphatic carbocycles. The van der Waals surface area contributed by atoms with Crippen LogP contribution in [0.5, 0.6) is 0 Å². The Morgan fingerprint density at radius 1 is 0.840 bits per heavy atom. The summed E-state index contributed by atoms with van der Waals surface area (Å²) in [6.45, 7) is 21.9. The number of fused-ring (bicyclic) bond motifs is 1. The van der Waals surface area contributed by atoms with Crippen molar-refractivity contribution in [3.63, 3.8) is 0 Å². The molecule has 1 aromatic heterocycles. The van der Waals surface area contributed by atoms with Gasteiger partial charge < -0.3 is 0 Å². The van der Waals surface area contributed by atoms with Crippen LogP contribution < -0.4 is 0 Å². The summed E-state index contributed by atoms with van der Waals surface area (Å²) in [5.41, 5.74) is 5.23. The minimum Gasteiger partial charge on any atom is -0.236 e. The molecule has 134 valence electrons. The smallest absolute Gasteiger partial charge is 0.134 e. The first-order valence-corrected chi connectivity index (χ1v) is 9.01. The minimum atomic E-state index is -0.104. The van der Waals surface area contributed by atoms with E-state index < -0.39 is 0 Å². The Labute approximate surface area is 153 Å². The molecule has 2 rings (SSSR count). The lowest BCUT2D eigenvalue weighted by atomic mass is 9.78. The Morgan fingerprint density at radius 3 is 1.80 bits per heavy atom. The lowest BCUT2D eigenvalue weighted by Crippen LogP contribution is -2.23. The third-order valence-corrected chi connectivity index (χ3v) is 4.52. The molecule has 2 heteroatoms. The first-order chi connectivity index (χ1) is 11.2. The molecule has 0 spiro atoms. The van der Waals surface area contributed by atoms with Crippen LogP contribution in [0.2, 0.25) is 0 Å². The number of hydrogen-bond donors (Lipinski definition) is 0. The van der Waals surface area contributed by atoms with Gasteiger partial charge in [-0.25, -0.2) is 9.97 Å². The number of aromatic nitrogens is 2. The number of rotatable bonds is 0. The van der Waals surface area contributed by atoms with E-state index in [9.17, 15) is 0 Å². The van der Waals surface area contributed by atoms with Crippen LogP contribution in [0.25, 0.3) is 10.9 Å². The maximum Gasteiger partial charge on any atom is 0.134 e. The lowest BCUT2D eigenvalue weighted by Gasteiger charge is -2.28. The first kappa shape index (κ1) is 19.4. The Hall–Kier alpha value is -1.88. The van der Waals surface area contributed by atoms with Gasteiger partial charge >= 0.3 is 0 Å². The van der Waals surface area contributed by atoms with Crippen molar-refractivity contribution < 1.29 is 0 Å². The largest absolute Gasteiger partial charge is 0.236 e. The van der Waals surface area contributed by atoms with Gasteiger partial charge in [0.1, 0.15) is 5.82 Å². The van der Waals surface area contributed by atoms with Crippen LogP contribution in [0, 0.1) is 19.3 Å². The molecule has 0 saturated carbocycles. The summed E-state index contributed by atoms with van der Waals surface area (Å²) in [6.07, 6.45) is 5.87. The fourth-order valence-corrected chi connectivity index (χ4v) is 3.42. The monoisotopic (exact) mass is 336 g/mol. The van der Waals surface area contributed by atoms with E-state index in [1.807, 2.05) is 0 Å². The first-order valence-electron chi connectivity index (χ1n) is 9.01. The molecule has 2 nitrogen and oxygen atoms in total. The van der Waals surface area contributed by atoms with Crippen molar-refractivity contribution in [3.05, 3.63) is 34.3 Å². The van der Waals surface area contributed by atoms with Crippen LogP contribution in [0.15, 0.2) is 6.07 Å². The van der Waals surface area contributed by atoms with Gasteiger partial charge in [-0.2, -0.15) is 0 Å². The average molecular weight is 337 g/mol. The minimum absolute atomic E-state index is 0.0330. The van der Waals surface area contributed by atoms with Gasteiger partial charge in [0.25, 0.3) is 0 Å². The third kappa shape index (κ3) is 3.56. The number of terminal acetylenes is 1. The molecule has 1 aromatic carbocycles. The zero-order valence-electron chi connectivity index (χ0n) is 17.5. The van der Waals surface area contributed by atoms with E-state index in [0.29, 0.717) is 0 Å². The van der Waals surface area contributed by atoms with E-state index in [0.717, 1.165) is 28.0 Å². The average Bonchev–Trinajstić information content (AvgIpc) is 2.42. The quantitative estimate of drug-likeness (QED) is 0.567. The van der Waals surface area contributed by atoms with Crippen molar-refractivity contribution >= 4 is 10.9 Å². The second-order valence-corrected chi connectivity index (χ2v) is 10.1. The Bertz CT molecular complexity index is 861. The molecular formula is C23H32N2. The van der Waals surface area contributed by atoms with Crippen molar-refractivity contribution in [1.82, 2.24) is 9.97 Å². The van der Waals surface area contributed by atoms with Crippen LogP contribution in [0.1, 0.15) is 90.5 Å². The highest BCUT2D eigenvalue weighted by Crippen LogP contribution is 2.37. The summed E-state index contributed by atoms with van der Waals surface area (Å²) in [4.78, 5) is 9.96. The molecule has 0 radical (unpaired) electrons. The highest BCUT2D eigenvalue weighted by atomic mass is 14.9. The van der Waals surface area contributed by atoms with Gasteiger partial charge in [0, 0.05) is 21.8 Å². The standard InChI is InChI=1S/C23H32N2/c1-12-15-13-16-18(14(2)17(15)21(3,4)5)24-20(23(9,10)11)25-19(16)22(6,7)8/h1,13H,2-11H3. The topological polar surface area (TPSA) is 25.8 Å². The third-order valence-electron chi connectivity index (χ3n) is 4.52. The van der Waals surface area contributed by atoms with Gasteiger partial charge in [-0.1, -0.05) is 68.2 Å². The van der Waals surface area contributed by atoms with Crippen molar-refractivity contribution in [2.45, 2.75) is 85.5 Å². The van der Waals surface area contributed by atoms with Gasteiger partial charge in [-0.05, 0) is 29.5 Å². The summed E-state index contributed by atoms with van der Waals surface area (Å²) in [7, 11) is 0. The van der Waals surface area contributed by atoms with Crippen LogP contribution in [0.4, 0.5) is 0 Å². The highest BCUT2D eigenvalue weighted by molar-refractivity contribution is 5.88. The van der Waals surface area contributed by atoms with Crippen molar-refractivity contribution in [2.75, 3.05) is 0 Å². The zero-order valence-corrected chi connectivity index (χ0v) is 17.5. The zero-order chi connectivity index (χ0) is 19.4. The number of benzene rings is 1. The maximum absolute atomic E-state index is 5.87. The summed E-state index contributed by atoms with van der Waals surface area (Å²) >= 11 is 0. The fourth-order valence-electron chi connectivity index (χ4n) is 3.42. The molecule has 0 N–H and O–H groups in total. The Balaban J connectivity index is 3.09. The predicted octanol–water partition coefficient (Wildman–Crippen LogP) is 5.81. The van der Waals surface area contributed by atoms with E-state index in [2.05, 4.69) is 81.2 Å². The van der Waals surface area contributed by atoms with E-state index in [1.165, 1.54) is 11.1 Å². The summed E-state index contributed by atoms with van der Waals surface area (Å²) in [6, 6.07) is 2.12. The van der Waals surface area contributed by atoms with Crippen molar-refractivity contribution in [3.8, 4) is 12.3 Å². The van der Waals surface area contributed by atoms with E-state index in [-0.39, 0.29) is 16.2 Å². The van der Waals surface area contributed by atoms with E-state index in [1.54, 1.807) is 0 Å². The van der Waals surface area contributed by atoms with Gasteiger partial charge in [0.05, 0.1) is 11.2 Å². The number of hydrogen-bond acceptors (Lipinski definition) is 2. The molecule has 0 saturated heterocycles. The molecule has 25 heavy (non-hydrogen) atoms. The lowest BCUT2D eigenvalue weighted by molar-refractivity contribution is 0.519. The van der Waals surface area contributed by atoms with Crippen LogP contribution in [-0.4, -0.2) is 9.97 Å². The highest BCUT2D eigenvalue weighted by Gasteiger charge is 2.29. The molecule has 0 amide bonds. The van der Waals surface area contributed by atoms with Crippen LogP contribution in [0.3, 0.4) is 0 Å². The molecule has 0 unspecified atom stereocenters. The van der Waals surface area contributed by atoms with E-state index >= 15 is 0 Å². The molecule has 2 aromatic rings. The van der Waals surface area contributed by atoms with Gasteiger partial charge in [-0.15, -0.1) is 6.42 Å². The van der Waals surface area contributed by atoms with Gasteiger partial charge in [0.15, 0.2) is 0 Å². The molecular weight excluding hydrogens is 304 g/mol. The Kier molecular flexibility index (Phi) is 4.54. The van der Waals surface area contributed by atoms with Crippen LogP contribution in [-0.2, 0) is 16.2 Å². The molecule has 0 aliphatic rings. The molecule has 0 atom stereocenters. The van der Waals surface area contributed by atoms with Gasteiger partial charge in [-0.3, -0.25) is 0 Å². The second kappa shape index (κ2) is 5.84. The molecule has 0 fully saturated rings. The molecule has 0 bridgehead atoms.